The number of hydrogen-bond acceptors (Lipinski definition) is 4. The summed E-state index contributed by atoms with van der Waals surface area (Å²) in [5.41, 5.74) is 0.411. The summed E-state index contributed by atoms with van der Waals surface area (Å²) >= 11 is 1.55. The molecule has 1 unspecified atom stereocenters. The molecule has 8 heteroatoms. The molecule has 31 heavy (non-hydrogen) atoms. The number of aliphatic imine (C=N–C) groups is 1. The maximum Gasteiger partial charge on any atom is 0.191 e. The van der Waals surface area contributed by atoms with Crippen molar-refractivity contribution in [2.45, 2.75) is 45.4 Å². The molecule has 6 nitrogen and oxygen atoms in total. The van der Waals surface area contributed by atoms with Crippen LogP contribution in [0.1, 0.15) is 36.5 Å². The number of nitrogens with one attached hydrogen (secondary N) is 2. The Kier molecular flexibility index (Phi) is 10.5. The lowest BCUT2D eigenvalue weighted by atomic mass is 10.1. The molecule has 0 aliphatic heterocycles. The maximum atomic E-state index is 10.7. The fourth-order valence-corrected chi connectivity index (χ4v) is 4.00. The molecule has 0 aliphatic carbocycles. The van der Waals surface area contributed by atoms with Gasteiger partial charge < -0.3 is 20.3 Å². The van der Waals surface area contributed by atoms with E-state index in [2.05, 4.69) is 49.4 Å². The van der Waals surface area contributed by atoms with Crippen LogP contribution in [-0.2, 0) is 25.1 Å². The first kappa shape index (κ1) is 25.4. The van der Waals surface area contributed by atoms with E-state index in [1.807, 2.05) is 49.8 Å². The van der Waals surface area contributed by atoms with Crippen molar-refractivity contribution in [3.63, 3.8) is 0 Å². The molecular formula is C23H32IN5OS. The summed E-state index contributed by atoms with van der Waals surface area (Å²) in [6, 6.07) is 14.4. The molecule has 0 saturated carbocycles. The summed E-state index contributed by atoms with van der Waals surface area (Å²) in [4.78, 5) is 10.1. The summed E-state index contributed by atoms with van der Waals surface area (Å²) in [7, 11) is 0. The highest BCUT2D eigenvalue weighted by Crippen LogP contribution is 2.24. The quantitative estimate of drug-likeness (QED) is 0.200. The van der Waals surface area contributed by atoms with Gasteiger partial charge in [-0.1, -0.05) is 36.4 Å². The zero-order valence-electron chi connectivity index (χ0n) is 18.1. The largest absolute Gasteiger partial charge is 0.383 e. The number of aromatic nitrogens is 2. The predicted octanol–water partition coefficient (Wildman–Crippen LogP) is 4.16. The van der Waals surface area contributed by atoms with E-state index in [-0.39, 0.29) is 24.0 Å². The minimum absolute atomic E-state index is 0. The molecule has 0 spiro atoms. The number of hydrogen-bond donors (Lipinski definition) is 3. The van der Waals surface area contributed by atoms with Crippen LogP contribution in [0.25, 0.3) is 0 Å². The first-order chi connectivity index (χ1) is 14.6. The third-order valence-electron chi connectivity index (χ3n) is 4.88. The van der Waals surface area contributed by atoms with Gasteiger partial charge in [0, 0.05) is 30.4 Å². The van der Waals surface area contributed by atoms with Gasteiger partial charge in [-0.05, 0) is 43.7 Å². The molecule has 3 rings (SSSR count). The molecule has 1 atom stereocenters. The number of halogens is 1. The monoisotopic (exact) mass is 553 g/mol. The Morgan fingerprint density at radius 1 is 1.19 bits per heavy atom. The van der Waals surface area contributed by atoms with Crippen LogP contribution in [0.5, 0.6) is 0 Å². The van der Waals surface area contributed by atoms with Crippen LogP contribution in [0.15, 0.2) is 65.2 Å². The van der Waals surface area contributed by atoms with E-state index in [4.69, 9.17) is 0 Å². The molecule has 2 aromatic heterocycles. The van der Waals surface area contributed by atoms with E-state index in [0.717, 1.165) is 36.6 Å². The number of aryl methyl sites for hydroxylation is 2. The fourth-order valence-electron chi connectivity index (χ4n) is 3.21. The number of nitrogens with zero attached hydrogens (tertiary/aromatic N) is 3. The Morgan fingerprint density at radius 3 is 2.71 bits per heavy atom. The SMILES string of the molecule is CCNC(=NCc1nccn1CCCc1ccccc1)NCC(C)(O)c1cccs1.I. The summed E-state index contributed by atoms with van der Waals surface area (Å²) in [6.45, 7) is 6.36. The van der Waals surface area contributed by atoms with Crippen LogP contribution < -0.4 is 10.6 Å². The van der Waals surface area contributed by atoms with Crippen molar-refractivity contribution in [1.82, 2.24) is 20.2 Å². The molecule has 0 bridgehead atoms. The molecule has 3 aromatic rings. The number of guanidine groups is 1. The second-order valence-electron chi connectivity index (χ2n) is 7.43. The van der Waals surface area contributed by atoms with Gasteiger partial charge in [0.15, 0.2) is 5.96 Å². The van der Waals surface area contributed by atoms with Crippen molar-refractivity contribution in [2.75, 3.05) is 13.1 Å². The molecule has 0 fully saturated rings. The average molecular weight is 554 g/mol. The van der Waals surface area contributed by atoms with Gasteiger partial charge in [0.25, 0.3) is 0 Å². The van der Waals surface area contributed by atoms with Gasteiger partial charge in [0.2, 0.25) is 0 Å². The average Bonchev–Trinajstić information content (AvgIpc) is 3.44. The maximum absolute atomic E-state index is 10.7. The van der Waals surface area contributed by atoms with Crippen LogP contribution in [-0.4, -0.2) is 33.7 Å². The molecule has 0 aliphatic rings. The lowest BCUT2D eigenvalue weighted by Crippen LogP contribution is -2.44. The van der Waals surface area contributed by atoms with Gasteiger partial charge in [-0.3, -0.25) is 0 Å². The van der Waals surface area contributed by atoms with Gasteiger partial charge in [0.05, 0.1) is 6.54 Å². The highest BCUT2D eigenvalue weighted by Gasteiger charge is 2.24. The van der Waals surface area contributed by atoms with Gasteiger partial charge in [-0.2, -0.15) is 0 Å². The highest BCUT2D eigenvalue weighted by molar-refractivity contribution is 14.0. The molecule has 0 radical (unpaired) electrons. The van der Waals surface area contributed by atoms with Crippen molar-refractivity contribution >= 4 is 41.3 Å². The molecule has 2 heterocycles. The standard InChI is InChI=1S/C23H31N5OS.HI/c1-3-24-22(27-18-23(2,29)20-12-8-16-30-20)26-17-21-25-13-15-28(21)14-7-11-19-9-5-4-6-10-19;/h4-6,8-10,12-13,15-16,29H,3,7,11,14,17-18H2,1-2H3,(H2,24,26,27);1H. The van der Waals surface area contributed by atoms with E-state index in [1.165, 1.54) is 5.56 Å². The molecule has 168 valence electrons. The van der Waals surface area contributed by atoms with Crippen LogP contribution in [0.4, 0.5) is 0 Å². The summed E-state index contributed by atoms with van der Waals surface area (Å²) in [5, 5.41) is 19.2. The van der Waals surface area contributed by atoms with Crippen molar-refractivity contribution < 1.29 is 5.11 Å². The van der Waals surface area contributed by atoms with Crippen molar-refractivity contribution in [1.29, 1.82) is 0 Å². The third-order valence-corrected chi connectivity index (χ3v) is 6.01. The Bertz CT molecular complexity index is 909. The van der Waals surface area contributed by atoms with E-state index in [1.54, 1.807) is 11.3 Å². The number of imidazole rings is 1. The predicted molar refractivity (Wildman–Crippen MR) is 139 cm³/mol. The minimum Gasteiger partial charge on any atom is -0.383 e. The topological polar surface area (TPSA) is 74.5 Å². The van der Waals surface area contributed by atoms with Crippen LogP contribution in [0, 0.1) is 0 Å². The molecular weight excluding hydrogens is 521 g/mol. The zero-order valence-corrected chi connectivity index (χ0v) is 21.3. The van der Waals surface area contributed by atoms with Gasteiger partial charge >= 0.3 is 0 Å². The summed E-state index contributed by atoms with van der Waals surface area (Å²) in [5.74, 6) is 1.61. The lowest BCUT2D eigenvalue weighted by Gasteiger charge is -2.23. The van der Waals surface area contributed by atoms with E-state index in [0.29, 0.717) is 19.0 Å². The van der Waals surface area contributed by atoms with Crippen molar-refractivity contribution in [3.05, 3.63) is 76.5 Å². The second kappa shape index (κ2) is 12.8. The highest BCUT2D eigenvalue weighted by atomic mass is 127. The zero-order chi connectivity index (χ0) is 21.2. The van der Waals surface area contributed by atoms with Gasteiger partial charge in [-0.25, -0.2) is 9.98 Å². The molecule has 1 aromatic carbocycles. The first-order valence-corrected chi connectivity index (χ1v) is 11.3. The van der Waals surface area contributed by atoms with Crippen LogP contribution in [0.3, 0.4) is 0 Å². The third kappa shape index (κ3) is 7.93. The number of aliphatic hydroxyl groups is 1. The molecule has 0 saturated heterocycles. The smallest absolute Gasteiger partial charge is 0.191 e. The number of thiophene rings is 1. The van der Waals surface area contributed by atoms with Gasteiger partial charge in [-0.15, -0.1) is 35.3 Å². The van der Waals surface area contributed by atoms with Crippen molar-refractivity contribution in [3.8, 4) is 0 Å². The van der Waals surface area contributed by atoms with E-state index < -0.39 is 5.60 Å². The van der Waals surface area contributed by atoms with Crippen molar-refractivity contribution in [2.24, 2.45) is 4.99 Å². The lowest BCUT2D eigenvalue weighted by molar-refractivity contribution is 0.0655. The Labute approximate surface area is 205 Å². The second-order valence-corrected chi connectivity index (χ2v) is 8.37. The molecule has 3 N–H and O–H groups in total. The molecule has 0 amide bonds. The van der Waals surface area contributed by atoms with Crippen LogP contribution in [0.2, 0.25) is 0 Å². The Hall–Kier alpha value is -1.91. The Morgan fingerprint density at radius 2 is 2.00 bits per heavy atom. The summed E-state index contributed by atoms with van der Waals surface area (Å²) < 4.78 is 2.16. The van der Waals surface area contributed by atoms with Gasteiger partial charge in [0.1, 0.15) is 18.0 Å². The Balaban J connectivity index is 0.00000341. The van der Waals surface area contributed by atoms with E-state index in [9.17, 15) is 5.11 Å². The van der Waals surface area contributed by atoms with Crippen LogP contribution >= 0.6 is 35.3 Å². The first-order valence-electron chi connectivity index (χ1n) is 10.4. The fraction of sp³-hybridized carbons (Fsp3) is 0.391. The normalized spacial score (nSPS) is 13.3. The summed E-state index contributed by atoms with van der Waals surface area (Å²) in [6.07, 6.45) is 5.94. The minimum atomic E-state index is -0.944. The van der Waals surface area contributed by atoms with E-state index >= 15 is 0 Å². The number of benzene rings is 1. The number of rotatable bonds is 10.